The predicted octanol–water partition coefficient (Wildman–Crippen LogP) is 1.67. The molecule has 1 heterocycles. The number of ether oxygens (including phenoxy) is 2. The summed E-state index contributed by atoms with van der Waals surface area (Å²) in [4.78, 5) is 1.45. The van der Waals surface area contributed by atoms with Gasteiger partial charge >= 0.3 is 0 Å². The Labute approximate surface area is 153 Å². The fourth-order valence-corrected chi connectivity index (χ4v) is 6.78. The molecule has 1 atom stereocenters. The van der Waals surface area contributed by atoms with Crippen molar-refractivity contribution in [2.75, 3.05) is 46.1 Å². The topological polar surface area (TPSA) is 43.1 Å². The number of quaternary nitrogens is 1. The van der Waals surface area contributed by atoms with E-state index in [0.717, 1.165) is 57.2 Å². The minimum Gasteiger partial charge on any atom is -0.385 e. The van der Waals surface area contributed by atoms with Crippen LogP contribution in [0, 0.1) is 23.2 Å². The van der Waals surface area contributed by atoms with Crippen LogP contribution in [0.25, 0.3) is 0 Å². The van der Waals surface area contributed by atoms with Crippen molar-refractivity contribution >= 4 is 0 Å². The highest BCUT2D eigenvalue weighted by atomic mass is 16.5. The summed E-state index contributed by atoms with van der Waals surface area (Å²) in [7, 11) is 0. The summed E-state index contributed by atoms with van der Waals surface area (Å²) < 4.78 is 11.1. The van der Waals surface area contributed by atoms with E-state index in [9.17, 15) is 5.11 Å². The lowest BCUT2D eigenvalue weighted by Crippen LogP contribution is -3.15. The molecule has 0 aromatic rings. The number of hydrogen-bond acceptors (Lipinski definition) is 3. The maximum atomic E-state index is 10.1. The van der Waals surface area contributed by atoms with Crippen molar-refractivity contribution in [3.63, 3.8) is 0 Å². The highest BCUT2D eigenvalue weighted by molar-refractivity contribution is 5.01. The van der Waals surface area contributed by atoms with Crippen LogP contribution < -0.4 is 4.90 Å². The van der Waals surface area contributed by atoms with E-state index in [-0.39, 0.29) is 6.10 Å². The molecular weight excluding hydrogens is 314 g/mol. The maximum absolute atomic E-state index is 10.1. The molecule has 1 aliphatic heterocycles. The van der Waals surface area contributed by atoms with Crippen LogP contribution in [-0.2, 0) is 9.47 Å². The van der Waals surface area contributed by atoms with Crippen LogP contribution in [0.4, 0.5) is 0 Å². The van der Waals surface area contributed by atoms with Crippen LogP contribution in [0.3, 0.4) is 0 Å². The predicted molar refractivity (Wildman–Crippen MR) is 97.7 cm³/mol. The molecule has 2 N–H and O–H groups in total. The Morgan fingerprint density at radius 3 is 2.28 bits per heavy atom. The van der Waals surface area contributed by atoms with Gasteiger partial charge < -0.3 is 19.5 Å². The first-order valence-corrected chi connectivity index (χ1v) is 10.9. The Bertz CT molecular complexity index is 386. The van der Waals surface area contributed by atoms with E-state index in [0.29, 0.717) is 12.0 Å². The van der Waals surface area contributed by atoms with Gasteiger partial charge in [-0.2, -0.15) is 0 Å². The van der Waals surface area contributed by atoms with Gasteiger partial charge in [-0.1, -0.05) is 6.42 Å². The van der Waals surface area contributed by atoms with E-state index in [1.807, 2.05) is 0 Å². The standard InChI is InChI=1S/C21H37NO3/c23-20(15-22-4-7-24-8-5-22)16-25-6-2-1-3-21-12-17-9-18(13-21)11-19(10-17)14-21/h17-20,23H,1-16H2/p+1. The van der Waals surface area contributed by atoms with E-state index in [2.05, 4.69) is 0 Å². The van der Waals surface area contributed by atoms with Gasteiger partial charge in [-0.3, -0.25) is 0 Å². The second-order valence-electron chi connectivity index (χ2n) is 9.67. The number of morpholine rings is 1. The molecule has 4 bridgehead atoms. The lowest BCUT2D eigenvalue weighted by Gasteiger charge is -2.57. The van der Waals surface area contributed by atoms with Crippen LogP contribution in [0.5, 0.6) is 0 Å². The molecule has 5 aliphatic rings. The van der Waals surface area contributed by atoms with Crippen molar-refractivity contribution in [3.05, 3.63) is 0 Å². The Kier molecular flexibility index (Phi) is 6.01. The zero-order chi connectivity index (χ0) is 17.1. The summed E-state index contributed by atoms with van der Waals surface area (Å²) in [6, 6.07) is 0. The van der Waals surface area contributed by atoms with Crippen LogP contribution in [0.2, 0.25) is 0 Å². The number of nitrogens with one attached hydrogen (secondary N) is 1. The number of aliphatic hydroxyl groups is 1. The molecule has 4 saturated carbocycles. The lowest BCUT2D eigenvalue weighted by atomic mass is 9.48. The zero-order valence-electron chi connectivity index (χ0n) is 15.9. The molecule has 5 rings (SSSR count). The Hall–Kier alpha value is -0.160. The van der Waals surface area contributed by atoms with Crippen molar-refractivity contribution in [2.45, 2.75) is 63.9 Å². The van der Waals surface area contributed by atoms with Gasteiger partial charge in [0.1, 0.15) is 25.7 Å². The van der Waals surface area contributed by atoms with Crippen LogP contribution in [0.15, 0.2) is 0 Å². The van der Waals surface area contributed by atoms with Crippen molar-refractivity contribution in [1.82, 2.24) is 0 Å². The van der Waals surface area contributed by atoms with Gasteiger partial charge in [0.25, 0.3) is 0 Å². The molecule has 4 heteroatoms. The largest absolute Gasteiger partial charge is 0.385 e. The van der Waals surface area contributed by atoms with Gasteiger partial charge in [0.15, 0.2) is 0 Å². The van der Waals surface area contributed by atoms with E-state index >= 15 is 0 Å². The van der Waals surface area contributed by atoms with Crippen molar-refractivity contribution in [2.24, 2.45) is 23.2 Å². The highest BCUT2D eigenvalue weighted by Crippen LogP contribution is 2.61. The Morgan fingerprint density at radius 2 is 1.64 bits per heavy atom. The Balaban J connectivity index is 1.07. The third kappa shape index (κ3) is 4.77. The molecule has 0 aromatic heterocycles. The molecule has 5 fully saturated rings. The number of rotatable bonds is 9. The minimum atomic E-state index is -0.323. The first kappa shape index (κ1) is 18.2. The van der Waals surface area contributed by atoms with Gasteiger partial charge in [-0.15, -0.1) is 0 Å². The molecular formula is C21H38NO3+. The number of hydrogen-bond donors (Lipinski definition) is 2. The molecule has 4 aliphatic carbocycles. The van der Waals surface area contributed by atoms with E-state index < -0.39 is 0 Å². The first-order chi connectivity index (χ1) is 12.2. The fraction of sp³-hybridized carbons (Fsp3) is 1.00. The second-order valence-corrected chi connectivity index (χ2v) is 9.67. The molecule has 0 spiro atoms. The molecule has 0 aromatic carbocycles. The quantitative estimate of drug-likeness (QED) is 0.621. The van der Waals surface area contributed by atoms with Crippen molar-refractivity contribution in [3.8, 4) is 0 Å². The first-order valence-electron chi connectivity index (χ1n) is 10.9. The average molecular weight is 353 g/mol. The minimum absolute atomic E-state index is 0.323. The smallest absolute Gasteiger partial charge is 0.126 e. The molecule has 1 saturated heterocycles. The third-order valence-corrected chi connectivity index (χ3v) is 7.45. The van der Waals surface area contributed by atoms with Gasteiger partial charge in [-0.05, 0) is 74.5 Å². The third-order valence-electron chi connectivity index (χ3n) is 7.45. The second kappa shape index (κ2) is 8.24. The average Bonchev–Trinajstić information content (AvgIpc) is 2.57. The van der Waals surface area contributed by atoms with E-state index in [1.54, 1.807) is 19.3 Å². The SMILES string of the molecule is OC(COCCCCC12CC3CC(CC(C3)C1)C2)C[NH+]1CCOCC1. The molecule has 4 nitrogen and oxygen atoms in total. The summed E-state index contributed by atoms with van der Waals surface area (Å²) in [6.45, 7) is 5.81. The van der Waals surface area contributed by atoms with Crippen LogP contribution in [0.1, 0.15) is 57.8 Å². The monoisotopic (exact) mass is 352 g/mol. The summed E-state index contributed by atoms with van der Waals surface area (Å²) in [5, 5.41) is 10.1. The van der Waals surface area contributed by atoms with E-state index in [1.165, 1.54) is 43.4 Å². The lowest BCUT2D eigenvalue weighted by molar-refractivity contribution is -0.911. The van der Waals surface area contributed by atoms with E-state index in [4.69, 9.17) is 9.47 Å². The molecule has 0 amide bonds. The zero-order valence-corrected chi connectivity index (χ0v) is 15.9. The van der Waals surface area contributed by atoms with Gasteiger partial charge in [-0.25, -0.2) is 0 Å². The van der Waals surface area contributed by atoms with Crippen molar-refractivity contribution < 1.29 is 19.5 Å². The van der Waals surface area contributed by atoms with Crippen LogP contribution in [-0.4, -0.2) is 57.3 Å². The maximum Gasteiger partial charge on any atom is 0.126 e. The van der Waals surface area contributed by atoms with Crippen molar-refractivity contribution in [1.29, 1.82) is 0 Å². The summed E-state index contributed by atoms with van der Waals surface area (Å²) in [6.07, 6.45) is 12.8. The van der Waals surface area contributed by atoms with Gasteiger partial charge in [0.2, 0.25) is 0 Å². The number of unbranched alkanes of at least 4 members (excludes halogenated alkanes) is 1. The molecule has 25 heavy (non-hydrogen) atoms. The summed E-state index contributed by atoms with van der Waals surface area (Å²) in [5.74, 6) is 3.21. The number of aliphatic hydroxyl groups excluding tert-OH is 1. The fourth-order valence-electron chi connectivity index (χ4n) is 6.78. The van der Waals surface area contributed by atoms with Gasteiger partial charge in [0.05, 0.1) is 19.8 Å². The van der Waals surface area contributed by atoms with Crippen LogP contribution >= 0.6 is 0 Å². The Morgan fingerprint density at radius 1 is 1.00 bits per heavy atom. The molecule has 144 valence electrons. The highest BCUT2D eigenvalue weighted by Gasteiger charge is 2.50. The summed E-state index contributed by atoms with van der Waals surface area (Å²) >= 11 is 0. The molecule has 1 unspecified atom stereocenters. The summed E-state index contributed by atoms with van der Waals surface area (Å²) in [5.41, 5.74) is 0.716. The molecule has 0 radical (unpaired) electrons. The normalized spacial score (nSPS) is 39.0. The van der Waals surface area contributed by atoms with Gasteiger partial charge in [0, 0.05) is 6.61 Å².